The van der Waals surface area contributed by atoms with E-state index < -0.39 is 10.0 Å². The van der Waals surface area contributed by atoms with E-state index in [4.69, 9.17) is 0 Å². The van der Waals surface area contributed by atoms with Gasteiger partial charge in [-0.05, 0) is 31.4 Å². The average molecular weight is 426 g/mol. The first-order chi connectivity index (χ1) is 12.8. The van der Waals surface area contributed by atoms with E-state index >= 15 is 0 Å². The van der Waals surface area contributed by atoms with Gasteiger partial charge >= 0.3 is 0 Å². The van der Waals surface area contributed by atoms with Crippen molar-refractivity contribution >= 4 is 43.7 Å². The number of sulfonamides is 1. The van der Waals surface area contributed by atoms with Gasteiger partial charge in [0.25, 0.3) is 10.0 Å². The van der Waals surface area contributed by atoms with Crippen molar-refractivity contribution in [3.05, 3.63) is 46.0 Å². The molecule has 1 unspecified atom stereocenters. The van der Waals surface area contributed by atoms with Crippen LogP contribution in [0.3, 0.4) is 0 Å². The van der Waals surface area contributed by atoms with Crippen molar-refractivity contribution in [1.29, 1.82) is 0 Å². The number of aromatic nitrogens is 3. The summed E-state index contributed by atoms with van der Waals surface area (Å²) in [6, 6.07) is 5.59. The van der Waals surface area contributed by atoms with E-state index in [0.717, 1.165) is 27.6 Å². The molecule has 0 aliphatic carbocycles. The van der Waals surface area contributed by atoms with Crippen LogP contribution in [0.5, 0.6) is 0 Å². The number of carbonyl (C=O) groups is 1. The second-order valence-corrected chi connectivity index (χ2v) is 9.92. The molecule has 0 aliphatic rings. The average Bonchev–Trinajstić information content (AvgIpc) is 3.30. The van der Waals surface area contributed by atoms with Crippen LogP contribution in [0, 0.1) is 13.8 Å². The SMILES string of the molecule is CC(=O)Nc1ncc(S(=O)(=O)NCC(c2cccs2)n2nc(C)cc2C)s1. The Morgan fingerprint density at radius 2 is 2.15 bits per heavy atom. The van der Waals surface area contributed by atoms with E-state index in [1.54, 1.807) is 11.3 Å². The number of carbonyl (C=O) groups excluding carboxylic acids is 1. The molecule has 0 bridgehead atoms. The number of rotatable bonds is 7. The Kier molecular flexibility index (Phi) is 5.75. The Bertz CT molecular complexity index is 1040. The van der Waals surface area contributed by atoms with Gasteiger partial charge in [-0.3, -0.25) is 9.48 Å². The highest BCUT2D eigenvalue weighted by Crippen LogP contribution is 2.26. The number of amides is 1. The predicted octanol–water partition coefficient (Wildman–Crippen LogP) is 2.54. The molecule has 0 fully saturated rings. The molecule has 0 aliphatic heterocycles. The third-order valence-electron chi connectivity index (χ3n) is 3.71. The molecule has 3 rings (SSSR count). The Balaban J connectivity index is 1.81. The van der Waals surface area contributed by atoms with Crippen LogP contribution < -0.4 is 10.0 Å². The van der Waals surface area contributed by atoms with Crippen LogP contribution >= 0.6 is 22.7 Å². The zero-order valence-electron chi connectivity index (χ0n) is 15.0. The molecular formula is C16H19N5O3S3. The minimum absolute atomic E-state index is 0.0459. The van der Waals surface area contributed by atoms with E-state index in [-0.39, 0.29) is 27.8 Å². The van der Waals surface area contributed by atoms with Crippen LogP contribution in [-0.2, 0) is 14.8 Å². The van der Waals surface area contributed by atoms with Crippen LogP contribution in [0.1, 0.15) is 29.2 Å². The van der Waals surface area contributed by atoms with E-state index in [2.05, 4.69) is 20.1 Å². The summed E-state index contributed by atoms with van der Waals surface area (Å²) in [5.74, 6) is -0.302. The number of anilines is 1. The highest BCUT2D eigenvalue weighted by Gasteiger charge is 2.24. The standard InChI is InChI=1S/C16H19N5O3S3/c1-10-7-11(2)21(20-10)13(14-5-4-6-25-14)8-18-27(23,24)15-9-17-16(26-15)19-12(3)22/h4-7,9,13,18H,8H2,1-3H3,(H,17,19,22). The van der Waals surface area contributed by atoms with Gasteiger partial charge in [0.1, 0.15) is 0 Å². The van der Waals surface area contributed by atoms with Crippen molar-refractivity contribution in [2.45, 2.75) is 31.0 Å². The number of thiazole rings is 1. The predicted molar refractivity (Wildman–Crippen MR) is 106 cm³/mol. The minimum Gasteiger partial charge on any atom is -0.302 e. The Morgan fingerprint density at radius 1 is 1.37 bits per heavy atom. The zero-order chi connectivity index (χ0) is 19.6. The Labute approximate surface area is 165 Å². The number of nitrogens with one attached hydrogen (secondary N) is 2. The van der Waals surface area contributed by atoms with Gasteiger partial charge in [0.05, 0.1) is 17.9 Å². The number of hydrogen-bond donors (Lipinski definition) is 2. The fourth-order valence-electron chi connectivity index (χ4n) is 2.60. The van der Waals surface area contributed by atoms with Crippen molar-refractivity contribution in [2.24, 2.45) is 0 Å². The fraction of sp³-hybridized carbons (Fsp3) is 0.312. The molecule has 0 aromatic carbocycles. The molecule has 1 atom stereocenters. The maximum atomic E-state index is 12.6. The molecule has 0 saturated heterocycles. The van der Waals surface area contributed by atoms with Gasteiger partial charge < -0.3 is 5.32 Å². The van der Waals surface area contributed by atoms with Gasteiger partial charge in [-0.2, -0.15) is 5.10 Å². The Morgan fingerprint density at radius 3 is 2.74 bits per heavy atom. The maximum absolute atomic E-state index is 12.6. The zero-order valence-corrected chi connectivity index (χ0v) is 17.4. The molecule has 11 heteroatoms. The number of thiophene rings is 1. The van der Waals surface area contributed by atoms with Gasteiger partial charge in [0.2, 0.25) is 5.91 Å². The van der Waals surface area contributed by atoms with Crippen LogP contribution in [0.25, 0.3) is 0 Å². The third kappa shape index (κ3) is 4.61. The van der Waals surface area contributed by atoms with Crippen LogP contribution in [0.4, 0.5) is 5.13 Å². The van der Waals surface area contributed by atoms with Crippen molar-refractivity contribution in [3.8, 4) is 0 Å². The molecule has 1 amide bonds. The fourth-order valence-corrected chi connectivity index (χ4v) is 5.57. The summed E-state index contributed by atoms with van der Waals surface area (Å²) >= 11 is 2.46. The van der Waals surface area contributed by atoms with Crippen molar-refractivity contribution in [2.75, 3.05) is 11.9 Å². The molecule has 144 valence electrons. The summed E-state index contributed by atoms with van der Waals surface area (Å²) in [6.45, 7) is 5.34. The lowest BCUT2D eigenvalue weighted by Gasteiger charge is -2.18. The second-order valence-electron chi connectivity index (χ2n) is 5.92. The van der Waals surface area contributed by atoms with E-state index in [1.165, 1.54) is 13.1 Å². The molecule has 8 nitrogen and oxygen atoms in total. The highest BCUT2D eigenvalue weighted by atomic mass is 32.2. The molecule has 0 radical (unpaired) electrons. The van der Waals surface area contributed by atoms with Crippen LogP contribution in [0.15, 0.2) is 34.0 Å². The minimum atomic E-state index is -3.76. The van der Waals surface area contributed by atoms with E-state index in [0.29, 0.717) is 0 Å². The van der Waals surface area contributed by atoms with Crippen molar-refractivity contribution < 1.29 is 13.2 Å². The van der Waals surface area contributed by atoms with Gasteiger partial charge in [0, 0.05) is 24.0 Å². The summed E-state index contributed by atoms with van der Waals surface area (Å²) in [5.41, 5.74) is 1.83. The molecule has 27 heavy (non-hydrogen) atoms. The lowest BCUT2D eigenvalue weighted by Crippen LogP contribution is -2.31. The molecule has 3 aromatic rings. The monoisotopic (exact) mass is 425 g/mol. The largest absolute Gasteiger partial charge is 0.302 e. The summed E-state index contributed by atoms with van der Waals surface area (Å²) in [5, 5.41) is 9.19. The lowest BCUT2D eigenvalue weighted by atomic mass is 10.2. The van der Waals surface area contributed by atoms with Crippen molar-refractivity contribution in [1.82, 2.24) is 19.5 Å². The molecule has 0 spiro atoms. The number of hydrogen-bond acceptors (Lipinski definition) is 7. The van der Waals surface area contributed by atoms with Gasteiger partial charge in [0.15, 0.2) is 9.34 Å². The smallest absolute Gasteiger partial charge is 0.251 e. The maximum Gasteiger partial charge on any atom is 0.251 e. The molecule has 3 aromatic heterocycles. The first-order valence-corrected chi connectivity index (χ1v) is 11.2. The van der Waals surface area contributed by atoms with Crippen LogP contribution in [-0.4, -0.2) is 35.6 Å². The van der Waals surface area contributed by atoms with Gasteiger partial charge in [-0.1, -0.05) is 17.4 Å². The second kappa shape index (κ2) is 7.89. The Hall–Kier alpha value is -2.08. The first-order valence-electron chi connectivity index (χ1n) is 8.05. The number of aryl methyl sites for hydroxylation is 2. The molecule has 3 heterocycles. The molecular weight excluding hydrogens is 406 g/mol. The topological polar surface area (TPSA) is 106 Å². The van der Waals surface area contributed by atoms with Gasteiger partial charge in [-0.25, -0.2) is 18.1 Å². The van der Waals surface area contributed by atoms with Gasteiger partial charge in [-0.15, -0.1) is 11.3 Å². The quantitative estimate of drug-likeness (QED) is 0.605. The highest BCUT2D eigenvalue weighted by molar-refractivity contribution is 7.91. The summed E-state index contributed by atoms with van der Waals surface area (Å²) in [6.07, 6.45) is 1.24. The van der Waals surface area contributed by atoms with Crippen LogP contribution in [0.2, 0.25) is 0 Å². The summed E-state index contributed by atoms with van der Waals surface area (Å²) < 4.78 is 29.8. The summed E-state index contributed by atoms with van der Waals surface area (Å²) in [7, 11) is -3.76. The first kappa shape index (κ1) is 19.7. The lowest BCUT2D eigenvalue weighted by molar-refractivity contribution is -0.114. The van der Waals surface area contributed by atoms with E-state index in [9.17, 15) is 13.2 Å². The normalized spacial score (nSPS) is 12.9. The molecule has 0 saturated carbocycles. The molecule has 2 N–H and O–H groups in total. The van der Waals surface area contributed by atoms with E-state index in [1.807, 2.05) is 42.1 Å². The number of nitrogens with zero attached hydrogens (tertiary/aromatic N) is 3. The third-order valence-corrected chi connectivity index (χ3v) is 7.48. The van der Waals surface area contributed by atoms with Crippen molar-refractivity contribution in [3.63, 3.8) is 0 Å². The summed E-state index contributed by atoms with van der Waals surface area (Å²) in [4.78, 5) is 16.0.